The highest BCUT2D eigenvalue weighted by atomic mass is 32.2. The number of fused-ring (bicyclic) bond motifs is 1. The Labute approximate surface area is 175 Å². The van der Waals surface area contributed by atoms with Crippen molar-refractivity contribution in [3.63, 3.8) is 0 Å². The maximum atomic E-state index is 12.9. The van der Waals surface area contributed by atoms with E-state index in [1.165, 1.54) is 23.7 Å². The van der Waals surface area contributed by atoms with Gasteiger partial charge in [0.1, 0.15) is 12.1 Å². The summed E-state index contributed by atoms with van der Waals surface area (Å²) < 4.78 is 66.0. The van der Waals surface area contributed by atoms with Gasteiger partial charge < -0.3 is 14.2 Å². The summed E-state index contributed by atoms with van der Waals surface area (Å²) in [6, 6.07) is 6.14. The fourth-order valence-electron chi connectivity index (χ4n) is 3.01. The van der Waals surface area contributed by atoms with E-state index in [1.54, 1.807) is 24.1 Å². The van der Waals surface area contributed by atoms with Crippen LogP contribution < -0.4 is 4.90 Å². The maximum Gasteiger partial charge on any atom is 0.483 e. The molecule has 3 rings (SSSR count). The molecule has 0 amide bonds. The average molecular weight is 451 g/mol. The first kappa shape index (κ1) is 22.0. The van der Waals surface area contributed by atoms with Crippen LogP contribution in [0.2, 0.25) is 0 Å². The molecule has 1 aliphatic heterocycles. The Hall–Kier alpha value is -3.65. The molecule has 0 saturated heterocycles. The highest BCUT2D eigenvalue weighted by molar-refractivity contribution is 7.95. The first-order valence-corrected chi connectivity index (χ1v) is 10.1. The van der Waals surface area contributed by atoms with Crippen LogP contribution in [-0.4, -0.2) is 37.1 Å². The molecule has 10 nitrogen and oxygen atoms in total. The van der Waals surface area contributed by atoms with Crippen molar-refractivity contribution in [3.05, 3.63) is 33.8 Å². The van der Waals surface area contributed by atoms with Gasteiger partial charge in [-0.15, -0.1) is 10.2 Å². The average Bonchev–Trinajstić information content (AvgIpc) is 3.00. The van der Waals surface area contributed by atoms with Crippen LogP contribution in [0.4, 0.5) is 36.2 Å². The fraction of sp³-hybridized carbons (Fsp3) is 0.353. The minimum Gasteiger partial charge on any atom is -0.568 e. The molecule has 1 aliphatic rings. The molecule has 0 N–H and O–H groups in total. The lowest BCUT2D eigenvalue weighted by atomic mass is 10.0. The van der Waals surface area contributed by atoms with Crippen molar-refractivity contribution in [1.82, 2.24) is 9.55 Å². The lowest BCUT2D eigenvalue weighted by Gasteiger charge is -2.32. The third-order valence-corrected chi connectivity index (χ3v) is 5.59. The summed E-state index contributed by atoms with van der Waals surface area (Å²) in [5.41, 5.74) is -5.33. The van der Waals surface area contributed by atoms with E-state index in [2.05, 4.69) is 19.9 Å². The smallest absolute Gasteiger partial charge is 0.483 e. The minimum absolute atomic E-state index is 0.0759. The summed E-state index contributed by atoms with van der Waals surface area (Å²) in [5.74, 6) is -0.160. The highest BCUT2D eigenvalue weighted by Crippen LogP contribution is 2.44. The van der Waals surface area contributed by atoms with Crippen molar-refractivity contribution in [2.75, 3.05) is 18.5 Å². The molecule has 162 valence electrons. The van der Waals surface area contributed by atoms with Gasteiger partial charge in [0.15, 0.2) is 21.4 Å². The predicted octanol–water partition coefficient (Wildman–Crippen LogP) is 3.82. The van der Waals surface area contributed by atoms with Crippen LogP contribution in [0.3, 0.4) is 0 Å². The molecule has 31 heavy (non-hydrogen) atoms. The zero-order chi connectivity index (χ0) is 23.0. The number of nitrogens with zero attached hydrogens (tertiary/aromatic N) is 8. The Balaban J connectivity index is 2.11. The van der Waals surface area contributed by atoms with Gasteiger partial charge in [0, 0.05) is 26.3 Å². The van der Waals surface area contributed by atoms with Crippen molar-refractivity contribution in [2.45, 2.75) is 18.3 Å². The lowest BCUT2D eigenvalue weighted by molar-refractivity contribution is -0.0425. The number of azo groups is 1. The number of aryl methyl sites for hydroxylation is 1. The molecule has 0 radical (unpaired) electrons. The minimum atomic E-state index is -5.82. The van der Waals surface area contributed by atoms with Crippen LogP contribution in [-0.2, 0) is 23.5 Å². The van der Waals surface area contributed by atoms with Gasteiger partial charge in [0.25, 0.3) is 5.95 Å². The molecule has 0 saturated carbocycles. The van der Waals surface area contributed by atoms with E-state index in [9.17, 15) is 21.6 Å². The topological polar surface area (TPSA) is 142 Å². The van der Waals surface area contributed by atoms with E-state index in [-0.39, 0.29) is 23.0 Å². The molecular formula is C17H14F3N8O2S-. The molecule has 0 bridgehead atoms. The molecule has 14 heteroatoms. The van der Waals surface area contributed by atoms with Gasteiger partial charge >= 0.3 is 5.51 Å². The molecule has 0 aliphatic carbocycles. The largest absolute Gasteiger partial charge is 0.568 e. The van der Waals surface area contributed by atoms with E-state index in [1.807, 2.05) is 0 Å². The van der Waals surface area contributed by atoms with Gasteiger partial charge in [-0.25, -0.2) is 8.42 Å². The molecule has 0 unspecified atom stereocenters. The number of rotatable bonds is 4. The SMILES string of the molecule is CN1CCCc2cc(N=Nc3nc(C#N)c(C#N)n3C)c([N-]S(=O)(=O)C(F)(F)F)cc21. The third kappa shape index (κ3) is 4.15. The molecule has 1 aromatic heterocycles. The van der Waals surface area contributed by atoms with Crippen LogP contribution >= 0.6 is 0 Å². The standard InChI is InChI=1S/C17H14F3N8O2S/c1-27-5-3-4-10-6-11(12(7-14(10)27)26-31(29,30)17(18,19)20)24-25-16-23-13(8-21)15(9-22)28(16)2/h6-7H,3-5H2,1-2H3/q-1. The number of hydrogen-bond acceptors (Lipinski definition) is 8. The van der Waals surface area contributed by atoms with Crippen molar-refractivity contribution in [3.8, 4) is 12.1 Å². The van der Waals surface area contributed by atoms with Gasteiger partial charge in [-0.05, 0) is 24.5 Å². The fourth-order valence-corrected chi connectivity index (χ4v) is 3.52. The number of benzene rings is 1. The van der Waals surface area contributed by atoms with E-state index < -0.39 is 21.2 Å². The molecule has 1 aromatic carbocycles. The number of sulfonamides is 1. The second-order valence-corrected chi connectivity index (χ2v) is 8.19. The zero-order valence-electron chi connectivity index (χ0n) is 16.2. The summed E-state index contributed by atoms with van der Waals surface area (Å²) in [4.78, 5) is 5.61. The summed E-state index contributed by atoms with van der Waals surface area (Å²) in [6.07, 6.45) is 1.39. The molecular weight excluding hydrogens is 437 g/mol. The number of nitriles is 2. The number of alkyl halides is 3. The van der Waals surface area contributed by atoms with Crippen LogP contribution in [0.25, 0.3) is 4.72 Å². The van der Waals surface area contributed by atoms with Crippen molar-refractivity contribution in [1.29, 1.82) is 10.5 Å². The number of aromatic nitrogens is 2. The van der Waals surface area contributed by atoms with Gasteiger partial charge in [-0.2, -0.15) is 28.7 Å². The Morgan fingerprint density at radius 1 is 1.19 bits per heavy atom. The summed E-state index contributed by atoms with van der Waals surface area (Å²) in [7, 11) is -2.69. The Kier molecular flexibility index (Phi) is 5.61. The maximum absolute atomic E-state index is 12.9. The van der Waals surface area contributed by atoms with Crippen LogP contribution in [0.5, 0.6) is 0 Å². The second kappa shape index (κ2) is 7.88. The Bertz CT molecular complexity index is 1250. The summed E-state index contributed by atoms with van der Waals surface area (Å²) in [5, 5.41) is 25.8. The number of hydrogen-bond donors (Lipinski definition) is 0. The summed E-state index contributed by atoms with van der Waals surface area (Å²) in [6.45, 7) is 0.639. The zero-order valence-corrected chi connectivity index (χ0v) is 17.0. The number of halogens is 3. The first-order chi connectivity index (χ1) is 14.5. The summed E-state index contributed by atoms with van der Waals surface area (Å²) >= 11 is 0. The van der Waals surface area contributed by atoms with E-state index in [4.69, 9.17) is 10.5 Å². The third-order valence-electron chi connectivity index (χ3n) is 4.57. The molecule has 0 atom stereocenters. The van der Waals surface area contributed by atoms with Crippen molar-refractivity contribution < 1.29 is 21.6 Å². The number of imidazole rings is 1. The normalized spacial score (nSPS) is 14.2. The number of anilines is 1. The molecule has 0 fully saturated rings. The van der Waals surface area contributed by atoms with Gasteiger partial charge in [-0.1, -0.05) is 11.8 Å². The Morgan fingerprint density at radius 3 is 2.48 bits per heavy atom. The van der Waals surface area contributed by atoms with Crippen molar-refractivity contribution >= 4 is 33.0 Å². The van der Waals surface area contributed by atoms with Crippen molar-refractivity contribution in [2.24, 2.45) is 17.3 Å². The molecule has 0 spiro atoms. The van der Waals surface area contributed by atoms with Crippen LogP contribution in [0, 0.1) is 22.7 Å². The van der Waals surface area contributed by atoms with Gasteiger partial charge in [0.2, 0.25) is 0 Å². The lowest BCUT2D eigenvalue weighted by Crippen LogP contribution is -2.24. The monoisotopic (exact) mass is 451 g/mol. The van der Waals surface area contributed by atoms with E-state index in [0.29, 0.717) is 18.7 Å². The quantitative estimate of drug-likeness (QED) is 0.647. The van der Waals surface area contributed by atoms with Crippen LogP contribution in [0.15, 0.2) is 22.4 Å². The van der Waals surface area contributed by atoms with E-state index >= 15 is 0 Å². The Morgan fingerprint density at radius 2 is 1.90 bits per heavy atom. The van der Waals surface area contributed by atoms with Gasteiger partial charge in [0.05, 0.1) is 5.69 Å². The highest BCUT2D eigenvalue weighted by Gasteiger charge is 2.39. The van der Waals surface area contributed by atoms with E-state index in [0.717, 1.165) is 12.0 Å². The first-order valence-electron chi connectivity index (χ1n) is 8.69. The van der Waals surface area contributed by atoms with Gasteiger partial charge in [-0.3, -0.25) is 0 Å². The second-order valence-electron chi connectivity index (χ2n) is 6.60. The molecule has 2 heterocycles. The van der Waals surface area contributed by atoms with Crippen LogP contribution in [0.1, 0.15) is 23.4 Å². The molecule has 2 aromatic rings. The predicted molar refractivity (Wildman–Crippen MR) is 103 cm³/mol.